The average molecular weight is 299 g/mol. The number of nitrogens with zero attached hydrogens (tertiary/aromatic N) is 1. The van der Waals surface area contributed by atoms with Gasteiger partial charge in [-0.25, -0.2) is 4.98 Å². The zero-order chi connectivity index (χ0) is 14.7. The predicted octanol–water partition coefficient (Wildman–Crippen LogP) is 4.51. The van der Waals surface area contributed by atoms with E-state index in [-0.39, 0.29) is 0 Å². The first-order valence-corrected chi connectivity index (χ1v) is 7.05. The summed E-state index contributed by atoms with van der Waals surface area (Å²) in [4.78, 5) is 4.42. The van der Waals surface area contributed by atoms with Gasteiger partial charge in [-0.05, 0) is 41.3 Å². The summed E-state index contributed by atoms with van der Waals surface area (Å²) in [5.74, 6) is 1.67. The summed E-state index contributed by atoms with van der Waals surface area (Å²) in [5.41, 5.74) is 1.15. The molecule has 1 aromatic heterocycles. The van der Waals surface area contributed by atoms with E-state index in [0.717, 1.165) is 32.9 Å². The summed E-state index contributed by atoms with van der Waals surface area (Å²) in [6.45, 7) is 0.695. The second-order valence-electron chi connectivity index (χ2n) is 4.73. The van der Waals surface area contributed by atoms with Gasteiger partial charge in [0, 0.05) is 23.2 Å². The maximum Gasteiger partial charge on any atom is 0.134 e. The third kappa shape index (κ3) is 3.09. The number of benzene rings is 2. The summed E-state index contributed by atoms with van der Waals surface area (Å²) >= 11 is 5.89. The Balaban J connectivity index is 1.87. The molecular weight excluding hydrogens is 284 g/mol. The minimum absolute atomic E-state index is 0.695. The second-order valence-corrected chi connectivity index (χ2v) is 5.16. The van der Waals surface area contributed by atoms with E-state index in [0.29, 0.717) is 6.54 Å². The molecule has 0 radical (unpaired) electrons. The van der Waals surface area contributed by atoms with Crippen molar-refractivity contribution in [1.82, 2.24) is 4.98 Å². The third-order valence-corrected chi connectivity index (χ3v) is 3.60. The van der Waals surface area contributed by atoms with Gasteiger partial charge in [-0.3, -0.25) is 0 Å². The van der Waals surface area contributed by atoms with Gasteiger partial charge in [-0.2, -0.15) is 0 Å². The highest BCUT2D eigenvalue weighted by Crippen LogP contribution is 2.26. The highest BCUT2D eigenvalue weighted by atomic mass is 35.5. The normalized spacial score (nSPS) is 10.6. The van der Waals surface area contributed by atoms with Crippen molar-refractivity contribution < 1.29 is 4.74 Å². The van der Waals surface area contributed by atoms with Crippen LogP contribution in [0.5, 0.6) is 5.75 Å². The van der Waals surface area contributed by atoms with Crippen LogP contribution in [-0.2, 0) is 6.54 Å². The van der Waals surface area contributed by atoms with E-state index in [1.807, 2.05) is 48.5 Å². The van der Waals surface area contributed by atoms with Gasteiger partial charge in [0.1, 0.15) is 11.6 Å². The van der Waals surface area contributed by atoms with Crippen LogP contribution in [0.25, 0.3) is 10.8 Å². The molecule has 0 saturated heterocycles. The van der Waals surface area contributed by atoms with Gasteiger partial charge in [-0.15, -0.1) is 0 Å². The zero-order valence-electron chi connectivity index (χ0n) is 11.6. The second kappa shape index (κ2) is 6.02. The molecule has 1 heterocycles. The number of hydrogen-bond donors (Lipinski definition) is 1. The monoisotopic (exact) mass is 298 g/mol. The third-order valence-electron chi connectivity index (χ3n) is 3.35. The molecule has 3 rings (SSSR count). The van der Waals surface area contributed by atoms with Gasteiger partial charge in [0.25, 0.3) is 0 Å². The Morgan fingerprint density at radius 3 is 2.67 bits per heavy atom. The maximum atomic E-state index is 5.89. The number of nitrogens with one attached hydrogen (secondary N) is 1. The molecule has 4 heteroatoms. The number of anilines is 1. The fourth-order valence-corrected chi connectivity index (χ4v) is 2.33. The van der Waals surface area contributed by atoms with Crippen LogP contribution < -0.4 is 10.1 Å². The van der Waals surface area contributed by atoms with Crippen molar-refractivity contribution in [2.45, 2.75) is 6.54 Å². The topological polar surface area (TPSA) is 34.1 Å². The molecule has 2 aromatic carbocycles. The van der Waals surface area contributed by atoms with Crippen molar-refractivity contribution in [2.75, 3.05) is 12.4 Å². The molecule has 1 N–H and O–H groups in total. The molecule has 0 spiro atoms. The van der Waals surface area contributed by atoms with Gasteiger partial charge in [-0.1, -0.05) is 29.8 Å². The van der Waals surface area contributed by atoms with Crippen LogP contribution in [0.1, 0.15) is 5.56 Å². The number of ether oxygens (including phenoxy) is 1. The van der Waals surface area contributed by atoms with Gasteiger partial charge < -0.3 is 10.1 Å². The number of halogens is 1. The Bertz CT molecular complexity index is 756. The van der Waals surface area contributed by atoms with Crippen LogP contribution in [-0.4, -0.2) is 12.1 Å². The van der Waals surface area contributed by atoms with E-state index >= 15 is 0 Å². The first-order chi connectivity index (χ1) is 10.3. The van der Waals surface area contributed by atoms with Gasteiger partial charge in [0.2, 0.25) is 0 Å². The molecule has 0 aliphatic carbocycles. The van der Waals surface area contributed by atoms with Crippen LogP contribution in [0, 0.1) is 0 Å². The highest BCUT2D eigenvalue weighted by molar-refractivity contribution is 6.30. The van der Waals surface area contributed by atoms with E-state index in [1.54, 1.807) is 13.3 Å². The Hall–Kier alpha value is -2.26. The molecule has 0 aliphatic rings. The fraction of sp³-hybridized carbons (Fsp3) is 0.118. The fourth-order valence-electron chi connectivity index (χ4n) is 2.20. The lowest BCUT2D eigenvalue weighted by Crippen LogP contribution is -2.01. The molecule has 0 aliphatic heterocycles. The smallest absolute Gasteiger partial charge is 0.134 e. The molecule has 0 fully saturated rings. The number of aromatic nitrogens is 1. The first-order valence-electron chi connectivity index (χ1n) is 6.67. The van der Waals surface area contributed by atoms with E-state index in [9.17, 15) is 0 Å². The minimum atomic E-state index is 0.695. The number of rotatable bonds is 4. The van der Waals surface area contributed by atoms with E-state index < -0.39 is 0 Å². The standard InChI is InChI=1S/C17H15ClN2O/c1-21-15-7-4-13-8-9-19-17(16(13)10-15)20-11-12-2-5-14(18)6-3-12/h2-10H,11H2,1H3,(H,19,20). The highest BCUT2D eigenvalue weighted by Gasteiger charge is 2.04. The molecule has 3 aromatic rings. The number of pyridine rings is 1. The van der Waals surface area contributed by atoms with E-state index in [2.05, 4.69) is 10.3 Å². The molecular formula is C17H15ClN2O. The van der Waals surface area contributed by atoms with Crippen LogP contribution >= 0.6 is 11.6 Å². The summed E-state index contributed by atoms with van der Waals surface area (Å²) in [5, 5.41) is 6.28. The van der Waals surface area contributed by atoms with E-state index in [1.165, 1.54) is 0 Å². The lowest BCUT2D eigenvalue weighted by atomic mass is 10.1. The Labute approximate surface area is 128 Å². The number of hydrogen-bond acceptors (Lipinski definition) is 3. The predicted molar refractivity (Wildman–Crippen MR) is 87.1 cm³/mol. The van der Waals surface area contributed by atoms with Crippen molar-refractivity contribution in [3.05, 3.63) is 65.3 Å². The van der Waals surface area contributed by atoms with Crippen molar-refractivity contribution >= 4 is 28.2 Å². The number of fused-ring (bicyclic) bond motifs is 1. The quantitative estimate of drug-likeness (QED) is 0.769. The molecule has 0 unspecified atom stereocenters. The Morgan fingerprint density at radius 2 is 1.90 bits per heavy atom. The van der Waals surface area contributed by atoms with Crippen LogP contribution in [0.15, 0.2) is 54.7 Å². The largest absolute Gasteiger partial charge is 0.497 e. The van der Waals surface area contributed by atoms with Crippen molar-refractivity contribution in [3.8, 4) is 5.75 Å². The lowest BCUT2D eigenvalue weighted by Gasteiger charge is -2.10. The molecule has 0 saturated carbocycles. The van der Waals surface area contributed by atoms with Crippen LogP contribution in [0.3, 0.4) is 0 Å². The van der Waals surface area contributed by atoms with Crippen molar-refractivity contribution in [2.24, 2.45) is 0 Å². The summed E-state index contributed by atoms with van der Waals surface area (Å²) in [6.07, 6.45) is 1.80. The first kappa shape index (κ1) is 13.7. The van der Waals surface area contributed by atoms with E-state index in [4.69, 9.17) is 16.3 Å². The van der Waals surface area contributed by atoms with Crippen LogP contribution in [0.2, 0.25) is 5.02 Å². The Kier molecular flexibility index (Phi) is 3.93. The summed E-state index contributed by atoms with van der Waals surface area (Å²) in [7, 11) is 1.67. The van der Waals surface area contributed by atoms with Gasteiger partial charge >= 0.3 is 0 Å². The average Bonchev–Trinajstić information content (AvgIpc) is 2.54. The molecule has 3 nitrogen and oxygen atoms in total. The SMILES string of the molecule is COc1ccc2ccnc(NCc3ccc(Cl)cc3)c2c1. The molecule has 0 amide bonds. The molecule has 0 bridgehead atoms. The van der Waals surface area contributed by atoms with Crippen LogP contribution in [0.4, 0.5) is 5.82 Å². The summed E-state index contributed by atoms with van der Waals surface area (Å²) < 4.78 is 5.28. The number of methoxy groups -OCH3 is 1. The Morgan fingerprint density at radius 1 is 1.10 bits per heavy atom. The van der Waals surface area contributed by atoms with Gasteiger partial charge in [0.05, 0.1) is 7.11 Å². The van der Waals surface area contributed by atoms with Crippen molar-refractivity contribution in [3.63, 3.8) is 0 Å². The van der Waals surface area contributed by atoms with Crippen molar-refractivity contribution in [1.29, 1.82) is 0 Å². The lowest BCUT2D eigenvalue weighted by molar-refractivity contribution is 0.415. The summed E-state index contributed by atoms with van der Waals surface area (Å²) in [6, 6.07) is 15.7. The zero-order valence-corrected chi connectivity index (χ0v) is 12.4. The van der Waals surface area contributed by atoms with Gasteiger partial charge in [0.15, 0.2) is 0 Å². The molecule has 106 valence electrons. The maximum absolute atomic E-state index is 5.89. The molecule has 0 atom stereocenters. The molecule has 21 heavy (non-hydrogen) atoms. The minimum Gasteiger partial charge on any atom is -0.497 e.